The van der Waals surface area contributed by atoms with Crippen molar-refractivity contribution >= 4 is 68.7 Å². The third kappa shape index (κ3) is 3.95. The van der Waals surface area contributed by atoms with Crippen LogP contribution in [0.15, 0.2) is 58.6 Å². The Hall–Kier alpha value is -2.21. The molecule has 1 fully saturated rings. The van der Waals surface area contributed by atoms with Gasteiger partial charge in [0.05, 0.1) is 20.6 Å². The van der Waals surface area contributed by atoms with Crippen molar-refractivity contribution < 1.29 is 4.79 Å². The normalized spacial score (nSPS) is 18.0. The second kappa shape index (κ2) is 8.27. The van der Waals surface area contributed by atoms with Crippen molar-refractivity contribution in [2.75, 3.05) is 0 Å². The largest absolute Gasteiger partial charge is 0.344 e. The summed E-state index contributed by atoms with van der Waals surface area (Å²) in [7, 11) is 0. The molecule has 1 aliphatic rings. The summed E-state index contributed by atoms with van der Waals surface area (Å²) in [5.41, 5.74) is 2.70. The molecule has 0 aliphatic carbocycles. The molecule has 148 valence electrons. The number of carbonyl (C=O) groups excluding carboxylic acids is 1. The highest BCUT2D eigenvalue weighted by Gasteiger charge is 2.25. The molecule has 4 rings (SSSR count). The van der Waals surface area contributed by atoms with Gasteiger partial charge in [0.25, 0.3) is 5.91 Å². The summed E-state index contributed by atoms with van der Waals surface area (Å²) in [6.07, 6.45) is 5.06. The first-order valence-electron chi connectivity index (χ1n) is 9.31. The van der Waals surface area contributed by atoms with E-state index < -0.39 is 0 Å². The van der Waals surface area contributed by atoms with Crippen LogP contribution in [0.5, 0.6) is 0 Å². The maximum absolute atomic E-state index is 12.5. The molecule has 4 nitrogen and oxygen atoms in total. The first-order chi connectivity index (χ1) is 14.0. The van der Waals surface area contributed by atoms with Crippen molar-refractivity contribution in [2.24, 2.45) is 4.99 Å². The van der Waals surface area contributed by atoms with Gasteiger partial charge in [-0.05, 0) is 49.4 Å². The average molecular weight is 444 g/mol. The van der Waals surface area contributed by atoms with Gasteiger partial charge in [-0.25, -0.2) is 4.99 Å². The second-order valence-electron chi connectivity index (χ2n) is 6.82. The number of aromatic nitrogens is 1. The fourth-order valence-electron chi connectivity index (χ4n) is 3.22. The molecule has 2 aromatic carbocycles. The number of amides is 1. The monoisotopic (exact) mass is 443 g/mol. The van der Waals surface area contributed by atoms with Gasteiger partial charge >= 0.3 is 0 Å². The predicted octanol–water partition coefficient (Wildman–Crippen LogP) is 6.81. The van der Waals surface area contributed by atoms with E-state index in [4.69, 9.17) is 23.2 Å². The molecular formula is C22H19Cl2N3OS. The summed E-state index contributed by atoms with van der Waals surface area (Å²) in [5, 5.41) is 5.20. The van der Waals surface area contributed by atoms with E-state index in [0.29, 0.717) is 31.8 Å². The van der Waals surface area contributed by atoms with E-state index >= 15 is 0 Å². The highest BCUT2D eigenvalue weighted by atomic mass is 35.5. The van der Waals surface area contributed by atoms with Crippen LogP contribution >= 0.6 is 35.0 Å². The topological polar surface area (TPSA) is 46.4 Å². The summed E-state index contributed by atoms with van der Waals surface area (Å²) in [5.74, 6) is -0.174. The van der Waals surface area contributed by atoms with Gasteiger partial charge in [-0.1, -0.05) is 54.4 Å². The van der Waals surface area contributed by atoms with Gasteiger partial charge < -0.3 is 9.88 Å². The Balaban J connectivity index is 1.70. The molecule has 29 heavy (non-hydrogen) atoms. The van der Waals surface area contributed by atoms with Gasteiger partial charge in [0, 0.05) is 28.7 Å². The van der Waals surface area contributed by atoms with Crippen LogP contribution < -0.4 is 5.32 Å². The van der Waals surface area contributed by atoms with Crippen LogP contribution in [0, 0.1) is 0 Å². The summed E-state index contributed by atoms with van der Waals surface area (Å²) in [6, 6.07) is 13.9. The number of hydrogen-bond donors (Lipinski definition) is 1. The molecule has 1 aliphatic heterocycles. The predicted molar refractivity (Wildman–Crippen MR) is 124 cm³/mol. The Morgan fingerprint density at radius 3 is 2.79 bits per heavy atom. The Kier molecular flexibility index (Phi) is 5.72. The minimum Gasteiger partial charge on any atom is -0.344 e. The quantitative estimate of drug-likeness (QED) is 0.450. The SMILES string of the molecule is CC[C@@H](C)n1cc(/C=C2/SC(=Nc3cccc(Cl)c3Cl)NC2=O)c2ccccc21. The molecule has 0 bridgehead atoms. The number of nitrogens with one attached hydrogen (secondary N) is 1. The molecule has 0 saturated carbocycles. The number of halogens is 2. The van der Waals surface area contributed by atoms with Crippen LogP contribution in [-0.4, -0.2) is 15.6 Å². The standard InChI is InChI=1S/C22H19Cl2N3OS/c1-3-13(2)27-12-14(15-7-4-5-10-18(15)27)11-19-21(28)26-22(29-19)25-17-9-6-8-16(23)20(17)24/h4-13H,3H2,1-2H3,(H,25,26,28)/b19-11+/t13-/m1/s1. The third-order valence-electron chi connectivity index (χ3n) is 4.93. The third-order valence-corrected chi connectivity index (χ3v) is 6.65. The lowest BCUT2D eigenvalue weighted by molar-refractivity contribution is -0.115. The molecule has 0 spiro atoms. The number of carbonyl (C=O) groups is 1. The molecule has 1 amide bonds. The maximum Gasteiger partial charge on any atom is 0.264 e. The molecule has 7 heteroatoms. The number of rotatable bonds is 4. The number of fused-ring (bicyclic) bond motifs is 1. The first kappa shape index (κ1) is 20.1. The minimum atomic E-state index is -0.174. The molecule has 2 heterocycles. The summed E-state index contributed by atoms with van der Waals surface area (Å²) in [6.45, 7) is 4.36. The summed E-state index contributed by atoms with van der Waals surface area (Å²) >= 11 is 13.6. The molecule has 3 aromatic rings. The summed E-state index contributed by atoms with van der Waals surface area (Å²) in [4.78, 5) is 17.6. The van der Waals surface area contributed by atoms with Crippen molar-refractivity contribution in [3.63, 3.8) is 0 Å². The van der Waals surface area contributed by atoms with E-state index in [9.17, 15) is 4.79 Å². The van der Waals surface area contributed by atoms with Gasteiger partial charge in [0.1, 0.15) is 0 Å². The van der Waals surface area contributed by atoms with Gasteiger partial charge in [-0.3, -0.25) is 4.79 Å². The highest BCUT2D eigenvalue weighted by molar-refractivity contribution is 8.18. The minimum absolute atomic E-state index is 0.174. The molecule has 1 N–H and O–H groups in total. The fourth-order valence-corrected chi connectivity index (χ4v) is 4.38. The average Bonchev–Trinajstić information content (AvgIpc) is 3.26. The van der Waals surface area contributed by atoms with Crippen LogP contribution in [0.25, 0.3) is 17.0 Å². The van der Waals surface area contributed by atoms with Crippen molar-refractivity contribution in [3.8, 4) is 0 Å². The number of nitrogens with zero attached hydrogens (tertiary/aromatic N) is 2. The van der Waals surface area contributed by atoms with E-state index in [1.165, 1.54) is 11.8 Å². The Labute approximate surface area is 183 Å². The zero-order valence-corrected chi connectivity index (χ0v) is 18.3. The smallest absolute Gasteiger partial charge is 0.264 e. The zero-order valence-electron chi connectivity index (χ0n) is 15.9. The number of hydrogen-bond acceptors (Lipinski definition) is 3. The lowest BCUT2D eigenvalue weighted by Gasteiger charge is -2.12. The molecule has 0 unspecified atom stereocenters. The number of thioether (sulfide) groups is 1. The van der Waals surface area contributed by atoms with E-state index in [-0.39, 0.29) is 5.91 Å². The van der Waals surface area contributed by atoms with Gasteiger partial charge in [-0.15, -0.1) is 0 Å². The Morgan fingerprint density at radius 1 is 1.21 bits per heavy atom. The van der Waals surface area contributed by atoms with Crippen LogP contribution in [0.4, 0.5) is 5.69 Å². The van der Waals surface area contributed by atoms with Crippen molar-refractivity contribution in [2.45, 2.75) is 26.3 Å². The first-order valence-corrected chi connectivity index (χ1v) is 10.9. The maximum atomic E-state index is 12.5. The number of aliphatic imine (C=N–C) groups is 1. The number of benzene rings is 2. The summed E-state index contributed by atoms with van der Waals surface area (Å²) < 4.78 is 2.26. The highest BCUT2D eigenvalue weighted by Crippen LogP contribution is 2.35. The molecule has 0 radical (unpaired) electrons. The Bertz CT molecular complexity index is 1170. The zero-order chi connectivity index (χ0) is 20.5. The van der Waals surface area contributed by atoms with E-state index in [2.05, 4.69) is 47.1 Å². The lowest BCUT2D eigenvalue weighted by atomic mass is 10.1. The second-order valence-corrected chi connectivity index (χ2v) is 8.64. The van der Waals surface area contributed by atoms with E-state index in [0.717, 1.165) is 22.9 Å². The van der Waals surface area contributed by atoms with Crippen molar-refractivity contribution in [1.29, 1.82) is 0 Å². The van der Waals surface area contributed by atoms with Crippen LogP contribution in [-0.2, 0) is 4.79 Å². The Morgan fingerprint density at radius 2 is 2.00 bits per heavy atom. The van der Waals surface area contributed by atoms with Crippen LogP contribution in [0.1, 0.15) is 31.9 Å². The molecule has 1 saturated heterocycles. The van der Waals surface area contributed by atoms with E-state index in [1.807, 2.05) is 18.2 Å². The number of para-hydroxylation sites is 1. The van der Waals surface area contributed by atoms with Crippen LogP contribution in [0.2, 0.25) is 10.0 Å². The van der Waals surface area contributed by atoms with E-state index in [1.54, 1.807) is 18.2 Å². The molecule has 1 aromatic heterocycles. The van der Waals surface area contributed by atoms with Crippen LogP contribution in [0.3, 0.4) is 0 Å². The van der Waals surface area contributed by atoms with Gasteiger partial charge in [0.15, 0.2) is 5.17 Å². The van der Waals surface area contributed by atoms with Gasteiger partial charge in [-0.2, -0.15) is 0 Å². The van der Waals surface area contributed by atoms with Gasteiger partial charge in [0.2, 0.25) is 0 Å². The fraction of sp³-hybridized carbons (Fsp3) is 0.182. The molecular weight excluding hydrogens is 425 g/mol. The van der Waals surface area contributed by atoms with Crippen molar-refractivity contribution in [1.82, 2.24) is 9.88 Å². The van der Waals surface area contributed by atoms with Crippen molar-refractivity contribution in [3.05, 3.63) is 69.2 Å². The lowest BCUT2D eigenvalue weighted by Crippen LogP contribution is -2.19. The molecule has 1 atom stereocenters. The number of amidine groups is 1.